The summed E-state index contributed by atoms with van der Waals surface area (Å²) in [6, 6.07) is 20.9. The summed E-state index contributed by atoms with van der Waals surface area (Å²) in [6.07, 6.45) is 0. The summed E-state index contributed by atoms with van der Waals surface area (Å²) in [5.41, 5.74) is 8.52. The second kappa shape index (κ2) is 7.94. The lowest BCUT2D eigenvalue weighted by molar-refractivity contribution is 1.35. The molecule has 4 heteroatoms. The minimum absolute atomic E-state index is 0. The van der Waals surface area contributed by atoms with Crippen LogP contribution in [0.25, 0.3) is 0 Å². The molecule has 0 aliphatic carbocycles. The van der Waals surface area contributed by atoms with E-state index in [4.69, 9.17) is 18.0 Å². The van der Waals surface area contributed by atoms with Gasteiger partial charge < -0.3 is 11.9 Å². The van der Waals surface area contributed by atoms with Gasteiger partial charge >= 0.3 is 0 Å². The van der Waals surface area contributed by atoms with Crippen molar-refractivity contribution in [2.75, 3.05) is 0 Å². The first-order valence-corrected chi connectivity index (χ1v) is 8.00. The molecular weight excluding hydrogens is 272 g/mol. The molecule has 0 amide bonds. The highest BCUT2D eigenvalue weighted by Crippen LogP contribution is 2.34. The van der Waals surface area contributed by atoms with Crippen molar-refractivity contribution in [1.29, 1.82) is 0 Å². The highest BCUT2D eigenvalue weighted by Gasteiger charge is 2.09. The number of thiol groups is 1. The van der Waals surface area contributed by atoms with E-state index < -0.39 is 10.9 Å². The number of nitrogens with two attached hydrogens (primary N) is 1. The molecular formula is C15H20N2S2. The Morgan fingerprint density at radius 2 is 1.21 bits per heavy atom. The lowest BCUT2D eigenvalue weighted by Crippen LogP contribution is -2.11. The standard InChI is InChI=1S/C15H17NS2.H3N/c16-15(17)18(11-13-7-3-1-4-8-13)12-14-9-5-2-6-10-14;/h1-10,18H,11-12H2,(H2,16,17);1H3. The molecule has 0 atom stereocenters. The third kappa shape index (κ3) is 5.03. The van der Waals surface area contributed by atoms with Crippen LogP contribution in [0.5, 0.6) is 0 Å². The quantitative estimate of drug-likeness (QED) is 0.593. The van der Waals surface area contributed by atoms with E-state index in [1.165, 1.54) is 11.1 Å². The van der Waals surface area contributed by atoms with Crippen LogP contribution in [0.3, 0.4) is 0 Å². The van der Waals surface area contributed by atoms with Crippen LogP contribution in [-0.4, -0.2) is 4.32 Å². The van der Waals surface area contributed by atoms with E-state index in [1.54, 1.807) is 0 Å². The number of hydrogen-bond donors (Lipinski definition) is 3. The van der Waals surface area contributed by atoms with E-state index >= 15 is 0 Å². The molecule has 0 heterocycles. The molecule has 0 aromatic heterocycles. The Balaban J connectivity index is 0.00000180. The van der Waals surface area contributed by atoms with Crippen LogP contribution in [-0.2, 0) is 11.5 Å². The minimum Gasteiger partial charge on any atom is -0.386 e. The molecule has 0 bridgehead atoms. The predicted molar refractivity (Wildman–Crippen MR) is 91.1 cm³/mol. The van der Waals surface area contributed by atoms with Gasteiger partial charge in [-0.25, -0.2) is 0 Å². The molecule has 2 aromatic carbocycles. The average molecular weight is 292 g/mol. The third-order valence-corrected chi connectivity index (χ3v) is 5.64. The fourth-order valence-corrected chi connectivity index (χ4v) is 3.93. The van der Waals surface area contributed by atoms with Crippen molar-refractivity contribution in [1.82, 2.24) is 6.15 Å². The SMILES string of the molecule is N.NC(=S)[SH](Cc1ccccc1)Cc1ccccc1. The van der Waals surface area contributed by atoms with Crippen LogP contribution >= 0.6 is 23.1 Å². The highest BCUT2D eigenvalue weighted by molar-refractivity contribution is 8.35. The molecule has 2 rings (SSSR count). The van der Waals surface area contributed by atoms with Crippen LogP contribution in [0, 0.1) is 0 Å². The van der Waals surface area contributed by atoms with Gasteiger partial charge in [-0.2, -0.15) is 10.9 Å². The largest absolute Gasteiger partial charge is 0.386 e. The smallest absolute Gasteiger partial charge is 0.111 e. The van der Waals surface area contributed by atoms with Crippen LogP contribution < -0.4 is 11.9 Å². The minimum atomic E-state index is -0.463. The van der Waals surface area contributed by atoms with Gasteiger partial charge in [-0.15, -0.1) is 0 Å². The molecule has 19 heavy (non-hydrogen) atoms. The lowest BCUT2D eigenvalue weighted by Gasteiger charge is -2.20. The van der Waals surface area contributed by atoms with Crippen molar-refractivity contribution in [3.8, 4) is 0 Å². The van der Waals surface area contributed by atoms with Gasteiger partial charge in [0, 0.05) is 11.5 Å². The van der Waals surface area contributed by atoms with Crippen molar-refractivity contribution < 1.29 is 0 Å². The zero-order chi connectivity index (χ0) is 12.8. The summed E-state index contributed by atoms with van der Waals surface area (Å²) in [7, 11) is -0.463. The Morgan fingerprint density at radius 1 is 0.842 bits per heavy atom. The van der Waals surface area contributed by atoms with E-state index in [0.717, 1.165) is 11.5 Å². The Labute approximate surface area is 123 Å². The second-order valence-electron chi connectivity index (χ2n) is 4.17. The van der Waals surface area contributed by atoms with Crippen LogP contribution in [0.2, 0.25) is 0 Å². The molecule has 2 aromatic rings. The van der Waals surface area contributed by atoms with Gasteiger partial charge in [0.2, 0.25) is 0 Å². The predicted octanol–water partition coefficient (Wildman–Crippen LogP) is 3.79. The van der Waals surface area contributed by atoms with Crippen molar-refractivity contribution in [3.63, 3.8) is 0 Å². The number of hydrogen-bond acceptors (Lipinski definition) is 2. The molecule has 0 aliphatic rings. The van der Waals surface area contributed by atoms with Crippen LogP contribution in [0.15, 0.2) is 60.7 Å². The Bertz CT molecular complexity index is 459. The molecule has 102 valence electrons. The molecule has 0 saturated heterocycles. The Hall–Kier alpha value is -1.36. The number of thiocarbonyl (C=S) groups is 1. The maximum absolute atomic E-state index is 5.89. The van der Waals surface area contributed by atoms with Gasteiger partial charge in [0.1, 0.15) is 4.32 Å². The van der Waals surface area contributed by atoms with Crippen LogP contribution in [0.1, 0.15) is 11.1 Å². The normalized spacial score (nSPS) is 10.4. The Kier molecular flexibility index (Phi) is 6.56. The average Bonchev–Trinajstić information content (AvgIpc) is 2.40. The highest BCUT2D eigenvalue weighted by atomic mass is 32.2. The van der Waals surface area contributed by atoms with Gasteiger partial charge in [0.25, 0.3) is 0 Å². The van der Waals surface area contributed by atoms with E-state index in [1.807, 2.05) is 12.1 Å². The van der Waals surface area contributed by atoms with Crippen molar-refractivity contribution >= 4 is 27.4 Å². The summed E-state index contributed by atoms with van der Waals surface area (Å²) < 4.78 is 0.665. The van der Waals surface area contributed by atoms with E-state index in [9.17, 15) is 0 Å². The fraction of sp³-hybridized carbons (Fsp3) is 0.133. The third-order valence-electron chi connectivity index (χ3n) is 2.74. The van der Waals surface area contributed by atoms with Crippen LogP contribution in [0.4, 0.5) is 0 Å². The lowest BCUT2D eigenvalue weighted by atomic mass is 10.2. The summed E-state index contributed by atoms with van der Waals surface area (Å²) in [5.74, 6) is 1.95. The number of rotatable bonds is 4. The molecule has 0 unspecified atom stereocenters. The summed E-state index contributed by atoms with van der Waals surface area (Å²) >= 11 is 5.22. The van der Waals surface area contributed by atoms with Gasteiger partial charge in [0.15, 0.2) is 0 Å². The first-order chi connectivity index (χ1) is 8.75. The molecule has 0 aliphatic heterocycles. The molecule has 5 N–H and O–H groups in total. The zero-order valence-electron chi connectivity index (χ0n) is 10.8. The summed E-state index contributed by atoms with van der Waals surface area (Å²) in [6.45, 7) is 0. The molecule has 0 saturated carbocycles. The molecule has 0 spiro atoms. The first-order valence-electron chi connectivity index (χ1n) is 5.88. The van der Waals surface area contributed by atoms with Gasteiger partial charge in [-0.05, 0) is 11.1 Å². The van der Waals surface area contributed by atoms with E-state index in [0.29, 0.717) is 4.32 Å². The van der Waals surface area contributed by atoms with Crippen molar-refractivity contribution in [2.24, 2.45) is 5.73 Å². The second-order valence-corrected chi connectivity index (χ2v) is 7.10. The maximum Gasteiger partial charge on any atom is 0.111 e. The monoisotopic (exact) mass is 292 g/mol. The molecule has 0 fully saturated rings. The van der Waals surface area contributed by atoms with E-state index in [2.05, 4.69) is 48.5 Å². The topological polar surface area (TPSA) is 61.0 Å². The first kappa shape index (κ1) is 15.7. The van der Waals surface area contributed by atoms with Gasteiger partial charge in [-0.1, -0.05) is 72.9 Å². The van der Waals surface area contributed by atoms with Crippen molar-refractivity contribution in [3.05, 3.63) is 71.8 Å². The van der Waals surface area contributed by atoms with Crippen molar-refractivity contribution in [2.45, 2.75) is 11.5 Å². The molecule has 2 nitrogen and oxygen atoms in total. The fourth-order valence-electron chi connectivity index (χ4n) is 1.82. The summed E-state index contributed by atoms with van der Waals surface area (Å²) in [5, 5.41) is 0. The van der Waals surface area contributed by atoms with Gasteiger partial charge in [-0.3, -0.25) is 0 Å². The zero-order valence-corrected chi connectivity index (χ0v) is 12.5. The Morgan fingerprint density at radius 3 is 1.53 bits per heavy atom. The number of benzene rings is 2. The maximum atomic E-state index is 5.89. The van der Waals surface area contributed by atoms with Gasteiger partial charge in [0.05, 0.1) is 0 Å². The molecule has 0 radical (unpaired) electrons. The summed E-state index contributed by atoms with van der Waals surface area (Å²) in [4.78, 5) is 0. The van der Waals surface area contributed by atoms with E-state index in [-0.39, 0.29) is 6.15 Å².